The van der Waals surface area contributed by atoms with Gasteiger partial charge in [0, 0.05) is 35.6 Å². The Balaban J connectivity index is 1.89. The minimum Gasteiger partial charge on any atom is -0.497 e. The van der Waals surface area contributed by atoms with Gasteiger partial charge in [-0.3, -0.25) is 4.79 Å². The molecule has 0 aliphatic carbocycles. The second-order valence-electron chi connectivity index (χ2n) is 7.48. The summed E-state index contributed by atoms with van der Waals surface area (Å²) in [5.41, 5.74) is 2.61. The highest BCUT2D eigenvalue weighted by Crippen LogP contribution is 2.27. The first-order valence-corrected chi connectivity index (χ1v) is 10.8. The number of methoxy groups -OCH3 is 2. The second kappa shape index (κ2) is 10.4. The summed E-state index contributed by atoms with van der Waals surface area (Å²) in [5, 5.41) is 0.736. The number of rotatable bonds is 9. The summed E-state index contributed by atoms with van der Waals surface area (Å²) in [5.74, 6) is 1.08. The number of ether oxygens (including phenoxy) is 2. The Hall–Kier alpha value is -2.92. The number of hydrogen-bond donors (Lipinski definition) is 0. The topological polar surface area (TPSA) is 43.7 Å². The van der Waals surface area contributed by atoms with Crippen LogP contribution in [0.25, 0.3) is 0 Å². The molecule has 0 fully saturated rings. The van der Waals surface area contributed by atoms with Crippen molar-refractivity contribution in [2.24, 2.45) is 0 Å². The van der Waals surface area contributed by atoms with Crippen molar-refractivity contribution in [3.63, 3.8) is 0 Å². The van der Waals surface area contributed by atoms with Crippen LogP contribution >= 0.6 is 11.6 Å². The van der Waals surface area contributed by atoms with Crippen LogP contribution in [-0.2, 0) is 13.1 Å². The Morgan fingerprint density at radius 3 is 2.55 bits per heavy atom. The molecule has 1 unspecified atom stereocenters. The second-order valence-corrected chi connectivity index (χ2v) is 7.88. The largest absolute Gasteiger partial charge is 0.497 e. The van der Waals surface area contributed by atoms with Crippen molar-refractivity contribution in [2.45, 2.75) is 39.4 Å². The number of benzene rings is 2. The molecule has 3 rings (SSSR count). The average molecular weight is 441 g/mol. The van der Waals surface area contributed by atoms with Crippen LogP contribution in [0.4, 0.5) is 0 Å². The first-order chi connectivity index (χ1) is 15.0. The third kappa shape index (κ3) is 5.23. The van der Waals surface area contributed by atoms with Gasteiger partial charge in [0.05, 0.1) is 26.3 Å². The minimum absolute atomic E-state index is 0.0583. The van der Waals surface area contributed by atoms with Gasteiger partial charge in [-0.1, -0.05) is 36.7 Å². The van der Waals surface area contributed by atoms with Crippen molar-refractivity contribution in [2.75, 3.05) is 14.2 Å². The van der Waals surface area contributed by atoms with Crippen LogP contribution < -0.4 is 9.47 Å². The van der Waals surface area contributed by atoms with E-state index in [0.717, 1.165) is 22.7 Å². The Morgan fingerprint density at radius 1 is 1.10 bits per heavy atom. The van der Waals surface area contributed by atoms with Gasteiger partial charge in [-0.2, -0.15) is 0 Å². The van der Waals surface area contributed by atoms with E-state index in [-0.39, 0.29) is 11.9 Å². The first-order valence-electron chi connectivity index (χ1n) is 10.4. The van der Waals surface area contributed by atoms with Gasteiger partial charge in [-0.15, -0.1) is 0 Å². The average Bonchev–Trinajstić information content (AvgIpc) is 3.24. The molecule has 164 valence electrons. The highest BCUT2D eigenvalue weighted by atomic mass is 35.5. The van der Waals surface area contributed by atoms with Gasteiger partial charge in [0.2, 0.25) is 0 Å². The van der Waals surface area contributed by atoms with E-state index >= 15 is 0 Å². The molecule has 0 saturated heterocycles. The molecule has 31 heavy (non-hydrogen) atoms. The molecular weight excluding hydrogens is 412 g/mol. The molecule has 0 radical (unpaired) electrons. The van der Waals surface area contributed by atoms with Crippen molar-refractivity contribution in [3.8, 4) is 11.5 Å². The van der Waals surface area contributed by atoms with Gasteiger partial charge in [0.25, 0.3) is 5.91 Å². The van der Waals surface area contributed by atoms with Gasteiger partial charge < -0.3 is 18.9 Å². The number of carbonyl (C=O) groups excluding carboxylic acids is 1. The quantitative estimate of drug-likeness (QED) is 0.432. The van der Waals surface area contributed by atoms with Gasteiger partial charge in [0.15, 0.2) is 0 Å². The zero-order chi connectivity index (χ0) is 22.4. The molecule has 1 heterocycles. The van der Waals surface area contributed by atoms with Crippen LogP contribution in [0.2, 0.25) is 5.02 Å². The van der Waals surface area contributed by atoms with E-state index in [9.17, 15) is 4.79 Å². The number of carbonyl (C=O) groups is 1. The van der Waals surface area contributed by atoms with Gasteiger partial charge >= 0.3 is 0 Å². The van der Waals surface area contributed by atoms with Gasteiger partial charge in [-0.25, -0.2) is 0 Å². The smallest absolute Gasteiger partial charge is 0.258 e. The fourth-order valence-electron chi connectivity index (χ4n) is 3.51. The van der Waals surface area contributed by atoms with Gasteiger partial charge in [0.1, 0.15) is 11.5 Å². The molecule has 3 aromatic rings. The molecule has 1 aromatic heterocycles. The molecule has 1 amide bonds. The summed E-state index contributed by atoms with van der Waals surface area (Å²) >= 11 is 6.36. The minimum atomic E-state index is -0.0700. The van der Waals surface area contributed by atoms with Crippen molar-refractivity contribution < 1.29 is 14.3 Å². The van der Waals surface area contributed by atoms with E-state index in [1.807, 2.05) is 47.5 Å². The summed E-state index contributed by atoms with van der Waals surface area (Å²) in [7, 11) is 3.16. The lowest BCUT2D eigenvalue weighted by Gasteiger charge is -2.30. The normalized spacial score (nSPS) is 11.8. The molecule has 0 aliphatic rings. The molecule has 0 aliphatic heterocycles. The van der Waals surface area contributed by atoms with E-state index in [2.05, 4.69) is 18.4 Å². The third-order valence-corrected chi connectivity index (χ3v) is 5.95. The van der Waals surface area contributed by atoms with E-state index in [1.54, 1.807) is 32.4 Å². The highest BCUT2D eigenvalue weighted by Gasteiger charge is 2.25. The van der Waals surface area contributed by atoms with Crippen molar-refractivity contribution in [1.82, 2.24) is 9.47 Å². The van der Waals surface area contributed by atoms with E-state index < -0.39 is 0 Å². The summed E-state index contributed by atoms with van der Waals surface area (Å²) in [6.07, 6.45) is 2.86. The number of hydrogen-bond acceptors (Lipinski definition) is 3. The van der Waals surface area contributed by atoms with Crippen molar-refractivity contribution in [1.29, 1.82) is 0 Å². The van der Waals surface area contributed by atoms with Crippen LogP contribution in [0.15, 0.2) is 60.8 Å². The fraction of sp³-hybridized carbons (Fsp3) is 0.320. The lowest BCUT2D eigenvalue weighted by atomic mass is 10.1. The Bertz CT molecular complexity index is 1030. The van der Waals surface area contributed by atoms with E-state index in [1.165, 1.54) is 0 Å². The monoisotopic (exact) mass is 440 g/mol. The zero-order valence-electron chi connectivity index (χ0n) is 18.5. The summed E-state index contributed by atoms with van der Waals surface area (Å²) in [6, 6.07) is 17.2. The van der Waals surface area contributed by atoms with Crippen LogP contribution in [0.5, 0.6) is 11.5 Å². The van der Waals surface area contributed by atoms with E-state index in [4.69, 9.17) is 21.1 Å². The fourth-order valence-corrected chi connectivity index (χ4v) is 3.71. The Labute approximate surface area is 189 Å². The molecule has 0 saturated carbocycles. The predicted molar refractivity (Wildman–Crippen MR) is 124 cm³/mol. The van der Waals surface area contributed by atoms with Crippen molar-refractivity contribution in [3.05, 3.63) is 82.6 Å². The predicted octanol–water partition coefficient (Wildman–Crippen LogP) is 5.65. The maximum absolute atomic E-state index is 13.5. The highest BCUT2D eigenvalue weighted by molar-refractivity contribution is 6.31. The molecule has 0 bridgehead atoms. The molecule has 5 nitrogen and oxygen atoms in total. The lowest BCUT2D eigenvalue weighted by Crippen LogP contribution is -2.38. The number of amides is 1. The van der Waals surface area contributed by atoms with Crippen LogP contribution in [-0.4, -0.2) is 35.6 Å². The van der Waals surface area contributed by atoms with Crippen molar-refractivity contribution >= 4 is 17.5 Å². The molecule has 0 spiro atoms. The lowest BCUT2D eigenvalue weighted by molar-refractivity contribution is 0.0663. The summed E-state index contributed by atoms with van der Waals surface area (Å²) in [4.78, 5) is 15.4. The number of nitrogens with zero attached hydrogens (tertiary/aromatic N) is 2. The van der Waals surface area contributed by atoms with Gasteiger partial charge in [-0.05, 0) is 49.2 Å². The maximum atomic E-state index is 13.5. The van der Waals surface area contributed by atoms with Crippen LogP contribution in [0.3, 0.4) is 0 Å². The molecule has 6 heteroatoms. The zero-order valence-corrected chi connectivity index (χ0v) is 19.2. The maximum Gasteiger partial charge on any atom is 0.258 e. The number of halogens is 1. The summed E-state index contributed by atoms with van der Waals surface area (Å²) in [6.45, 7) is 5.28. The standard InChI is InChI=1S/C25H29ClN2O3/c1-5-18(2)28(25(29)22-13-12-21(30-3)15-24(22)31-4)17-20-10-8-14-27(20)16-19-9-6-7-11-23(19)26/h6-15,18H,5,16-17H2,1-4H3. The van der Waals surface area contributed by atoms with Crippen LogP contribution in [0.1, 0.15) is 41.9 Å². The summed E-state index contributed by atoms with van der Waals surface area (Å²) < 4.78 is 12.9. The molecule has 2 aromatic carbocycles. The molecular formula is C25H29ClN2O3. The molecule has 1 atom stereocenters. The third-order valence-electron chi connectivity index (χ3n) is 5.58. The van der Waals surface area contributed by atoms with Crippen LogP contribution in [0, 0.1) is 0 Å². The Morgan fingerprint density at radius 2 is 1.87 bits per heavy atom. The SMILES string of the molecule is CCC(C)N(Cc1cccn1Cc1ccccc1Cl)C(=O)c1ccc(OC)cc1OC. The number of aromatic nitrogens is 1. The Kier molecular flexibility index (Phi) is 7.64. The van der Waals surface area contributed by atoms with E-state index in [0.29, 0.717) is 30.2 Å². The first kappa shape index (κ1) is 22.8. The molecule has 0 N–H and O–H groups in total.